The molecule has 1 nitrogen and oxygen atoms in total. The molecule has 0 aliphatic heterocycles. The Bertz CT molecular complexity index is 589. The second-order valence-corrected chi connectivity index (χ2v) is 5.87. The maximum absolute atomic E-state index is 13.0. The van der Waals surface area contributed by atoms with Crippen molar-refractivity contribution in [3.63, 3.8) is 0 Å². The first-order valence-corrected chi connectivity index (χ1v) is 7.15. The Morgan fingerprint density at radius 1 is 1.00 bits per heavy atom. The van der Waals surface area contributed by atoms with Crippen LogP contribution in [-0.4, -0.2) is 19.0 Å². The standard InChI is InChI=1S/C18H20FN/c1-20(2)18-12-14(16-5-3-4-6-17(16)18)11-13-7-9-15(19)10-8-13/h3-10,14,18H,11-12H2,1-2H3/t14-,18+/m1/s1. The van der Waals surface area contributed by atoms with Crippen molar-refractivity contribution in [3.05, 3.63) is 71.0 Å². The first-order valence-electron chi connectivity index (χ1n) is 7.15. The molecule has 0 amide bonds. The number of halogens is 1. The Kier molecular flexibility index (Phi) is 3.58. The molecule has 0 N–H and O–H groups in total. The monoisotopic (exact) mass is 269 g/mol. The van der Waals surface area contributed by atoms with Crippen LogP contribution in [0.25, 0.3) is 0 Å². The molecular formula is C18H20FN. The zero-order chi connectivity index (χ0) is 14.1. The van der Waals surface area contributed by atoms with E-state index in [-0.39, 0.29) is 5.82 Å². The molecule has 1 aliphatic rings. The fraction of sp³-hybridized carbons (Fsp3) is 0.333. The second kappa shape index (κ2) is 5.37. The largest absolute Gasteiger partial charge is 0.302 e. The van der Waals surface area contributed by atoms with E-state index in [4.69, 9.17) is 0 Å². The summed E-state index contributed by atoms with van der Waals surface area (Å²) in [6.07, 6.45) is 2.13. The second-order valence-electron chi connectivity index (χ2n) is 5.87. The van der Waals surface area contributed by atoms with Crippen molar-refractivity contribution in [1.29, 1.82) is 0 Å². The molecule has 2 aromatic carbocycles. The minimum atomic E-state index is -0.160. The summed E-state index contributed by atoms with van der Waals surface area (Å²) in [4.78, 5) is 2.30. The highest BCUT2D eigenvalue weighted by Gasteiger charge is 2.31. The average Bonchev–Trinajstić information content (AvgIpc) is 2.81. The SMILES string of the molecule is CN(C)[C@H]1C[C@@H](Cc2ccc(F)cc2)c2ccccc21. The van der Waals surface area contributed by atoms with Gasteiger partial charge in [0.1, 0.15) is 5.82 Å². The molecule has 0 radical (unpaired) electrons. The van der Waals surface area contributed by atoms with Gasteiger partial charge in [0.25, 0.3) is 0 Å². The summed E-state index contributed by atoms with van der Waals surface area (Å²) < 4.78 is 13.0. The van der Waals surface area contributed by atoms with E-state index in [0.717, 1.165) is 12.8 Å². The maximum Gasteiger partial charge on any atom is 0.123 e. The molecule has 2 atom stereocenters. The van der Waals surface area contributed by atoms with E-state index >= 15 is 0 Å². The lowest BCUT2D eigenvalue weighted by atomic mass is 9.93. The molecule has 0 heterocycles. The van der Waals surface area contributed by atoms with Gasteiger partial charge < -0.3 is 4.90 Å². The Hall–Kier alpha value is -1.67. The van der Waals surface area contributed by atoms with Gasteiger partial charge in [0.15, 0.2) is 0 Å². The fourth-order valence-corrected chi connectivity index (χ4v) is 3.30. The third kappa shape index (κ3) is 2.48. The van der Waals surface area contributed by atoms with E-state index in [0.29, 0.717) is 12.0 Å². The number of nitrogens with zero attached hydrogens (tertiary/aromatic N) is 1. The van der Waals surface area contributed by atoms with Gasteiger partial charge in [0.2, 0.25) is 0 Å². The van der Waals surface area contributed by atoms with Gasteiger partial charge in [-0.05, 0) is 61.7 Å². The topological polar surface area (TPSA) is 3.24 Å². The highest BCUT2D eigenvalue weighted by molar-refractivity contribution is 5.39. The summed E-state index contributed by atoms with van der Waals surface area (Å²) in [5.74, 6) is 0.371. The molecular weight excluding hydrogens is 249 g/mol. The van der Waals surface area contributed by atoms with Crippen LogP contribution < -0.4 is 0 Å². The van der Waals surface area contributed by atoms with Crippen molar-refractivity contribution in [2.24, 2.45) is 0 Å². The smallest absolute Gasteiger partial charge is 0.123 e. The summed E-state index contributed by atoms with van der Waals surface area (Å²) in [5.41, 5.74) is 4.12. The minimum Gasteiger partial charge on any atom is -0.302 e. The molecule has 20 heavy (non-hydrogen) atoms. The van der Waals surface area contributed by atoms with E-state index < -0.39 is 0 Å². The maximum atomic E-state index is 13.0. The molecule has 2 heteroatoms. The van der Waals surface area contributed by atoms with Gasteiger partial charge in [-0.2, -0.15) is 0 Å². The van der Waals surface area contributed by atoms with Crippen LogP contribution in [0.5, 0.6) is 0 Å². The van der Waals surface area contributed by atoms with Gasteiger partial charge >= 0.3 is 0 Å². The normalized spacial score (nSPS) is 21.2. The van der Waals surface area contributed by atoms with Crippen LogP contribution in [0.4, 0.5) is 4.39 Å². The van der Waals surface area contributed by atoms with Gasteiger partial charge in [-0.25, -0.2) is 4.39 Å². The van der Waals surface area contributed by atoms with Crippen LogP contribution in [0.15, 0.2) is 48.5 Å². The van der Waals surface area contributed by atoms with Crippen molar-refractivity contribution in [2.75, 3.05) is 14.1 Å². The third-order valence-corrected chi connectivity index (χ3v) is 4.32. The van der Waals surface area contributed by atoms with Gasteiger partial charge in [-0.3, -0.25) is 0 Å². The summed E-state index contributed by atoms with van der Waals surface area (Å²) in [7, 11) is 4.28. The summed E-state index contributed by atoms with van der Waals surface area (Å²) in [5, 5.41) is 0. The predicted octanol–water partition coefficient (Wildman–Crippen LogP) is 4.16. The van der Waals surface area contributed by atoms with Gasteiger partial charge in [0.05, 0.1) is 0 Å². The molecule has 2 aromatic rings. The number of rotatable bonds is 3. The van der Waals surface area contributed by atoms with Crippen LogP contribution >= 0.6 is 0 Å². The summed E-state index contributed by atoms with van der Waals surface area (Å²) >= 11 is 0. The highest BCUT2D eigenvalue weighted by Crippen LogP contribution is 2.43. The van der Waals surface area contributed by atoms with E-state index in [1.54, 1.807) is 12.1 Å². The van der Waals surface area contributed by atoms with Crippen molar-refractivity contribution in [1.82, 2.24) is 4.90 Å². The number of hydrogen-bond acceptors (Lipinski definition) is 1. The van der Waals surface area contributed by atoms with E-state index in [2.05, 4.69) is 43.3 Å². The lowest BCUT2D eigenvalue weighted by molar-refractivity contribution is 0.288. The van der Waals surface area contributed by atoms with Crippen molar-refractivity contribution < 1.29 is 4.39 Å². The van der Waals surface area contributed by atoms with Crippen molar-refractivity contribution in [2.45, 2.75) is 24.8 Å². The zero-order valence-electron chi connectivity index (χ0n) is 12.0. The lowest BCUT2D eigenvalue weighted by Gasteiger charge is -2.20. The van der Waals surface area contributed by atoms with E-state index in [1.165, 1.54) is 16.7 Å². The number of hydrogen-bond donors (Lipinski definition) is 0. The Balaban J connectivity index is 1.86. The lowest BCUT2D eigenvalue weighted by Crippen LogP contribution is -2.17. The number of benzene rings is 2. The highest BCUT2D eigenvalue weighted by atomic mass is 19.1. The first kappa shape index (κ1) is 13.3. The van der Waals surface area contributed by atoms with Crippen LogP contribution in [0, 0.1) is 5.82 Å². The quantitative estimate of drug-likeness (QED) is 0.808. The fourth-order valence-electron chi connectivity index (χ4n) is 3.30. The molecule has 0 spiro atoms. The predicted molar refractivity (Wildman–Crippen MR) is 80.3 cm³/mol. The zero-order valence-corrected chi connectivity index (χ0v) is 12.0. The van der Waals surface area contributed by atoms with Crippen LogP contribution in [0.1, 0.15) is 35.1 Å². The van der Waals surface area contributed by atoms with E-state index in [1.807, 2.05) is 12.1 Å². The summed E-state index contributed by atoms with van der Waals surface area (Å²) in [6, 6.07) is 16.1. The molecule has 0 unspecified atom stereocenters. The molecule has 0 bridgehead atoms. The first-order chi connectivity index (χ1) is 9.65. The van der Waals surface area contributed by atoms with Crippen LogP contribution in [0.2, 0.25) is 0 Å². The summed E-state index contributed by atoms with van der Waals surface area (Å²) in [6.45, 7) is 0. The van der Waals surface area contributed by atoms with Crippen molar-refractivity contribution in [3.8, 4) is 0 Å². The van der Waals surface area contributed by atoms with Gasteiger partial charge in [-0.15, -0.1) is 0 Å². The van der Waals surface area contributed by atoms with E-state index in [9.17, 15) is 4.39 Å². The number of fused-ring (bicyclic) bond motifs is 1. The molecule has 1 aliphatic carbocycles. The van der Waals surface area contributed by atoms with Crippen LogP contribution in [-0.2, 0) is 6.42 Å². The minimum absolute atomic E-state index is 0.160. The van der Waals surface area contributed by atoms with Gasteiger partial charge in [-0.1, -0.05) is 36.4 Å². The molecule has 3 rings (SSSR count). The average molecular weight is 269 g/mol. The van der Waals surface area contributed by atoms with Crippen LogP contribution in [0.3, 0.4) is 0 Å². The Morgan fingerprint density at radius 3 is 2.30 bits per heavy atom. The molecule has 0 fully saturated rings. The molecule has 0 saturated carbocycles. The third-order valence-electron chi connectivity index (χ3n) is 4.32. The van der Waals surface area contributed by atoms with Gasteiger partial charge in [0, 0.05) is 6.04 Å². The molecule has 0 aromatic heterocycles. The Morgan fingerprint density at radius 2 is 1.65 bits per heavy atom. The molecule has 104 valence electrons. The Labute approximate surface area is 120 Å². The van der Waals surface area contributed by atoms with Crippen molar-refractivity contribution >= 4 is 0 Å². The molecule has 0 saturated heterocycles.